The molecule has 2 unspecified atom stereocenters. The fraction of sp³-hybridized carbons (Fsp3) is 0.900. The third kappa shape index (κ3) is 3.62. The number of amides is 1. The molecule has 0 spiro atoms. The predicted octanol–water partition coefficient (Wildman–Crippen LogP) is 0.849. The molecule has 0 aromatic rings. The van der Waals surface area contributed by atoms with Crippen LogP contribution in [-0.4, -0.2) is 31.2 Å². The second kappa shape index (κ2) is 5.29. The van der Waals surface area contributed by atoms with E-state index in [9.17, 15) is 9.18 Å². The average Bonchev–Trinajstić information content (AvgIpc) is 2.07. The number of rotatable bonds is 3. The minimum Gasteiger partial charge on any atom is -0.350 e. The number of carbonyl (C=O) groups is 1. The first-order valence-corrected chi connectivity index (χ1v) is 5.23. The van der Waals surface area contributed by atoms with E-state index in [0.29, 0.717) is 25.3 Å². The summed E-state index contributed by atoms with van der Waals surface area (Å²) in [7, 11) is 0. The van der Waals surface area contributed by atoms with E-state index in [1.165, 1.54) is 0 Å². The Labute approximate surface area is 84.4 Å². The maximum Gasteiger partial charge on any atom is 0.220 e. The summed E-state index contributed by atoms with van der Waals surface area (Å²) >= 11 is 0. The Hall–Kier alpha value is -0.640. The fourth-order valence-electron chi connectivity index (χ4n) is 1.62. The van der Waals surface area contributed by atoms with E-state index in [1.807, 2.05) is 13.8 Å². The van der Waals surface area contributed by atoms with Crippen LogP contribution in [0.3, 0.4) is 0 Å². The molecular weight excluding hydrogens is 183 g/mol. The van der Waals surface area contributed by atoms with Gasteiger partial charge in [0, 0.05) is 13.0 Å². The third-order valence-corrected chi connectivity index (χ3v) is 2.35. The van der Waals surface area contributed by atoms with Crippen molar-refractivity contribution in [1.82, 2.24) is 10.6 Å². The molecular formula is C10H19FN2O. The van der Waals surface area contributed by atoms with Crippen LogP contribution >= 0.6 is 0 Å². The third-order valence-electron chi connectivity index (χ3n) is 2.35. The highest BCUT2D eigenvalue weighted by molar-refractivity contribution is 5.76. The van der Waals surface area contributed by atoms with Gasteiger partial charge >= 0.3 is 0 Å². The number of halogens is 1. The summed E-state index contributed by atoms with van der Waals surface area (Å²) in [6.07, 6.45) is 0.224. The van der Waals surface area contributed by atoms with Crippen LogP contribution in [0.2, 0.25) is 0 Å². The van der Waals surface area contributed by atoms with Crippen molar-refractivity contribution >= 4 is 5.91 Å². The Balaban J connectivity index is 2.31. The van der Waals surface area contributed by atoms with E-state index in [1.54, 1.807) is 0 Å². The Bertz CT molecular complexity index is 197. The lowest BCUT2D eigenvalue weighted by Crippen LogP contribution is -2.51. The van der Waals surface area contributed by atoms with Crippen molar-refractivity contribution in [2.75, 3.05) is 13.1 Å². The van der Waals surface area contributed by atoms with Gasteiger partial charge in [0.15, 0.2) is 0 Å². The summed E-state index contributed by atoms with van der Waals surface area (Å²) in [5.41, 5.74) is 0. The van der Waals surface area contributed by atoms with Gasteiger partial charge in [0.2, 0.25) is 5.91 Å². The lowest BCUT2D eigenvalue weighted by Gasteiger charge is -2.27. The highest BCUT2D eigenvalue weighted by Gasteiger charge is 2.25. The minimum atomic E-state index is -0.945. The van der Waals surface area contributed by atoms with Gasteiger partial charge in [0.05, 0.1) is 6.04 Å². The zero-order valence-corrected chi connectivity index (χ0v) is 8.85. The van der Waals surface area contributed by atoms with Crippen molar-refractivity contribution in [2.24, 2.45) is 5.92 Å². The molecule has 1 amide bonds. The second-order valence-corrected chi connectivity index (χ2v) is 4.28. The summed E-state index contributed by atoms with van der Waals surface area (Å²) < 4.78 is 13.3. The molecule has 0 saturated carbocycles. The molecule has 3 nitrogen and oxygen atoms in total. The molecule has 0 aromatic heterocycles. The standard InChI is InChI=1S/C10H19FN2O/c1-7(2)5-10(14)13-9-3-4-12-6-8(9)11/h7-9,12H,3-6H2,1-2H3,(H,13,14). The largest absolute Gasteiger partial charge is 0.350 e. The summed E-state index contributed by atoms with van der Waals surface area (Å²) in [5.74, 6) is 0.296. The maximum absolute atomic E-state index is 13.3. The number of alkyl halides is 1. The number of hydrogen-bond donors (Lipinski definition) is 2. The number of carbonyl (C=O) groups excluding carboxylic acids is 1. The molecule has 2 N–H and O–H groups in total. The molecule has 4 heteroatoms. The van der Waals surface area contributed by atoms with Crippen LogP contribution in [0.25, 0.3) is 0 Å². The molecule has 1 rings (SSSR count). The topological polar surface area (TPSA) is 41.1 Å². The van der Waals surface area contributed by atoms with E-state index >= 15 is 0 Å². The average molecular weight is 202 g/mol. The Morgan fingerprint density at radius 1 is 1.64 bits per heavy atom. The highest BCUT2D eigenvalue weighted by atomic mass is 19.1. The molecule has 0 aliphatic carbocycles. The van der Waals surface area contributed by atoms with Crippen molar-refractivity contribution in [3.63, 3.8) is 0 Å². The van der Waals surface area contributed by atoms with E-state index in [2.05, 4.69) is 10.6 Å². The van der Waals surface area contributed by atoms with Crippen molar-refractivity contribution in [3.05, 3.63) is 0 Å². The molecule has 1 saturated heterocycles. The first-order valence-electron chi connectivity index (χ1n) is 5.23. The second-order valence-electron chi connectivity index (χ2n) is 4.28. The monoisotopic (exact) mass is 202 g/mol. The van der Waals surface area contributed by atoms with Gasteiger partial charge in [0.1, 0.15) is 6.17 Å². The molecule has 1 aliphatic heterocycles. The zero-order valence-electron chi connectivity index (χ0n) is 8.85. The van der Waals surface area contributed by atoms with Gasteiger partial charge < -0.3 is 10.6 Å². The molecule has 2 atom stereocenters. The summed E-state index contributed by atoms with van der Waals surface area (Å²) in [6, 6.07) is -0.289. The van der Waals surface area contributed by atoms with Crippen molar-refractivity contribution in [1.29, 1.82) is 0 Å². The van der Waals surface area contributed by atoms with E-state index < -0.39 is 6.17 Å². The molecule has 1 aliphatic rings. The highest BCUT2D eigenvalue weighted by Crippen LogP contribution is 2.08. The van der Waals surface area contributed by atoms with Crippen LogP contribution in [-0.2, 0) is 4.79 Å². The molecule has 0 aromatic carbocycles. The lowest BCUT2D eigenvalue weighted by molar-refractivity contribution is -0.123. The van der Waals surface area contributed by atoms with Crippen LogP contribution in [0.4, 0.5) is 4.39 Å². The zero-order chi connectivity index (χ0) is 10.6. The van der Waals surface area contributed by atoms with Gasteiger partial charge in [0.25, 0.3) is 0 Å². The Kier molecular flexibility index (Phi) is 4.32. The minimum absolute atomic E-state index is 0.0328. The van der Waals surface area contributed by atoms with Crippen LogP contribution in [0, 0.1) is 5.92 Å². The Morgan fingerprint density at radius 2 is 2.36 bits per heavy atom. The fourth-order valence-corrected chi connectivity index (χ4v) is 1.62. The van der Waals surface area contributed by atoms with Gasteiger partial charge in [-0.3, -0.25) is 4.79 Å². The van der Waals surface area contributed by atoms with Gasteiger partial charge in [-0.15, -0.1) is 0 Å². The van der Waals surface area contributed by atoms with Crippen LogP contribution in [0.15, 0.2) is 0 Å². The first kappa shape index (κ1) is 11.4. The van der Waals surface area contributed by atoms with Crippen molar-refractivity contribution < 1.29 is 9.18 Å². The summed E-state index contributed by atoms with van der Waals surface area (Å²) in [6.45, 7) is 5.10. The molecule has 82 valence electrons. The molecule has 1 fully saturated rings. The lowest BCUT2D eigenvalue weighted by atomic mass is 10.0. The Morgan fingerprint density at radius 3 is 2.93 bits per heavy atom. The number of piperidine rings is 1. The number of nitrogens with one attached hydrogen (secondary N) is 2. The SMILES string of the molecule is CC(C)CC(=O)NC1CCNCC1F. The molecule has 1 heterocycles. The van der Waals surface area contributed by atoms with Gasteiger partial charge in [-0.25, -0.2) is 4.39 Å². The summed E-state index contributed by atoms with van der Waals surface area (Å²) in [5, 5.41) is 5.70. The van der Waals surface area contributed by atoms with Crippen molar-refractivity contribution in [2.45, 2.75) is 38.9 Å². The van der Waals surface area contributed by atoms with Crippen LogP contribution < -0.4 is 10.6 Å². The maximum atomic E-state index is 13.3. The normalized spacial score (nSPS) is 27.7. The quantitative estimate of drug-likeness (QED) is 0.712. The molecule has 0 radical (unpaired) electrons. The van der Waals surface area contributed by atoms with E-state index in [0.717, 1.165) is 6.54 Å². The number of hydrogen-bond acceptors (Lipinski definition) is 2. The van der Waals surface area contributed by atoms with Gasteiger partial charge in [-0.05, 0) is 18.9 Å². The first-order chi connectivity index (χ1) is 6.59. The van der Waals surface area contributed by atoms with Gasteiger partial charge in [-0.1, -0.05) is 13.8 Å². The summed E-state index contributed by atoms with van der Waals surface area (Å²) in [4.78, 5) is 11.4. The predicted molar refractivity (Wildman–Crippen MR) is 53.8 cm³/mol. The van der Waals surface area contributed by atoms with Gasteiger partial charge in [-0.2, -0.15) is 0 Å². The van der Waals surface area contributed by atoms with Crippen LogP contribution in [0.5, 0.6) is 0 Å². The van der Waals surface area contributed by atoms with E-state index in [4.69, 9.17) is 0 Å². The molecule has 14 heavy (non-hydrogen) atoms. The van der Waals surface area contributed by atoms with Crippen molar-refractivity contribution in [3.8, 4) is 0 Å². The smallest absolute Gasteiger partial charge is 0.220 e. The van der Waals surface area contributed by atoms with E-state index in [-0.39, 0.29) is 11.9 Å². The molecule has 0 bridgehead atoms. The van der Waals surface area contributed by atoms with Crippen LogP contribution in [0.1, 0.15) is 26.7 Å².